The number of benzene rings is 2. The van der Waals surface area contributed by atoms with Crippen LogP contribution < -0.4 is 5.32 Å². The largest absolute Gasteiger partial charge is 0.329 e. The third-order valence-electron chi connectivity index (χ3n) is 2.99. The van der Waals surface area contributed by atoms with Crippen molar-refractivity contribution in [2.24, 2.45) is 0 Å². The number of carbonyl (C=O) groups is 1. The lowest BCUT2D eigenvalue weighted by Gasteiger charge is -2.17. The minimum absolute atomic E-state index is 0.125. The average Bonchev–Trinajstić information content (AvgIpc) is 2.89. The first-order valence-electron chi connectivity index (χ1n) is 6.37. The van der Waals surface area contributed by atoms with Crippen LogP contribution >= 0.6 is 0 Å². The zero-order chi connectivity index (χ0) is 13.9. The van der Waals surface area contributed by atoms with Crippen molar-refractivity contribution in [1.29, 1.82) is 0 Å². The Bertz CT molecular complexity index is 703. The first kappa shape index (κ1) is 12.3. The number of nitrogens with zero attached hydrogens (tertiary/aromatic N) is 3. The Morgan fingerprint density at radius 1 is 1.00 bits per heavy atom. The van der Waals surface area contributed by atoms with E-state index >= 15 is 0 Å². The summed E-state index contributed by atoms with van der Waals surface area (Å²) in [5.41, 5.74) is 2.54. The van der Waals surface area contributed by atoms with Gasteiger partial charge in [0.2, 0.25) is 5.91 Å². The second-order valence-electron chi connectivity index (χ2n) is 4.52. The number of hydrogen-bond acceptors (Lipinski definition) is 3. The van der Waals surface area contributed by atoms with E-state index in [0.29, 0.717) is 0 Å². The Morgan fingerprint density at radius 2 is 1.55 bits per heavy atom. The van der Waals surface area contributed by atoms with Gasteiger partial charge < -0.3 is 5.32 Å². The van der Waals surface area contributed by atoms with Crippen molar-refractivity contribution in [2.45, 2.75) is 13.1 Å². The van der Waals surface area contributed by atoms with Crippen LogP contribution in [0.5, 0.6) is 0 Å². The first-order valence-corrected chi connectivity index (χ1v) is 6.37. The fraction of sp³-hybridized carbons (Fsp3) is 0.133. The molecule has 1 aromatic heterocycles. The molecule has 1 atom stereocenters. The molecule has 1 heterocycles. The van der Waals surface area contributed by atoms with Crippen molar-refractivity contribution < 1.29 is 4.79 Å². The molecule has 0 aliphatic carbocycles. The zero-order valence-corrected chi connectivity index (χ0v) is 11.0. The van der Waals surface area contributed by atoms with Crippen LogP contribution in [-0.2, 0) is 4.79 Å². The molecule has 0 saturated heterocycles. The number of aromatic nitrogens is 3. The van der Waals surface area contributed by atoms with E-state index in [0.717, 1.165) is 16.6 Å². The highest BCUT2D eigenvalue weighted by molar-refractivity contribution is 5.74. The third kappa shape index (κ3) is 2.38. The number of rotatable bonds is 3. The van der Waals surface area contributed by atoms with Crippen molar-refractivity contribution in [2.75, 3.05) is 0 Å². The summed E-state index contributed by atoms with van der Waals surface area (Å²) in [5, 5.41) is 11.7. The molecule has 0 fully saturated rings. The van der Waals surface area contributed by atoms with Crippen LogP contribution in [0.25, 0.3) is 11.0 Å². The molecule has 3 aromatic rings. The fourth-order valence-electron chi connectivity index (χ4n) is 2.09. The monoisotopic (exact) mass is 266 g/mol. The predicted molar refractivity (Wildman–Crippen MR) is 75.9 cm³/mol. The van der Waals surface area contributed by atoms with Gasteiger partial charge in [-0.1, -0.05) is 42.5 Å². The molecule has 1 amide bonds. The van der Waals surface area contributed by atoms with E-state index < -0.39 is 6.17 Å². The molecule has 2 aromatic carbocycles. The summed E-state index contributed by atoms with van der Waals surface area (Å²) < 4.78 is 0. The molecule has 1 unspecified atom stereocenters. The van der Waals surface area contributed by atoms with Gasteiger partial charge in [-0.05, 0) is 17.7 Å². The van der Waals surface area contributed by atoms with Crippen molar-refractivity contribution in [3.8, 4) is 0 Å². The standard InChI is InChI=1S/C15H14N4O/c1-11(20)16-15(12-7-3-2-4-8-12)19-17-13-9-5-6-10-14(13)18-19/h2-10,15H,1H3,(H,16,20). The Kier molecular flexibility index (Phi) is 3.16. The van der Waals surface area contributed by atoms with Crippen LogP contribution in [-0.4, -0.2) is 20.9 Å². The quantitative estimate of drug-likeness (QED) is 0.790. The van der Waals surface area contributed by atoms with Gasteiger partial charge in [0.15, 0.2) is 6.17 Å². The number of fused-ring (bicyclic) bond motifs is 1. The summed E-state index contributed by atoms with van der Waals surface area (Å²) >= 11 is 0. The predicted octanol–water partition coefficient (Wildman–Crippen LogP) is 2.11. The number of nitrogens with one attached hydrogen (secondary N) is 1. The molecule has 5 nitrogen and oxygen atoms in total. The summed E-state index contributed by atoms with van der Waals surface area (Å²) in [4.78, 5) is 13.0. The maximum absolute atomic E-state index is 11.4. The Hall–Kier alpha value is -2.69. The van der Waals surface area contributed by atoms with Crippen LogP contribution in [0.4, 0.5) is 0 Å². The van der Waals surface area contributed by atoms with E-state index in [4.69, 9.17) is 0 Å². The van der Waals surface area contributed by atoms with Gasteiger partial charge >= 0.3 is 0 Å². The second kappa shape index (κ2) is 5.13. The van der Waals surface area contributed by atoms with Gasteiger partial charge in [-0.2, -0.15) is 15.0 Å². The molecule has 0 aliphatic heterocycles. The molecular formula is C15H14N4O. The van der Waals surface area contributed by atoms with Gasteiger partial charge in [0.05, 0.1) is 0 Å². The van der Waals surface area contributed by atoms with E-state index in [-0.39, 0.29) is 5.91 Å². The van der Waals surface area contributed by atoms with Crippen LogP contribution in [0, 0.1) is 0 Å². The minimum Gasteiger partial charge on any atom is -0.329 e. The van der Waals surface area contributed by atoms with Gasteiger partial charge in [0.25, 0.3) is 0 Å². The summed E-state index contributed by atoms with van der Waals surface area (Å²) in [7, 11) is 0. The smallest absolute Gasteiger partial charge is 0.218 e. The lowest BCUT2D eigenvalue weighted by molar-refractivity contribution is -0.120. The average molecular weight is 266 g/mol. The first-order chi connectivity index (χ1) is 9.74. The summed E-state index contributed by atoms with van der Waals surface area (Å²) in [6.07, 6.45) is -0.402. The van der Waals surface area contributed by atoms with Gasteiger partial charge in [-0.3, -0.25) is 4.79 Å². The van der Waals surface area contributed by atoms with E-state index in [9.17, 15) is 4.79 Å². The summed E-state index contributed by atoms with van der Waals surface area (Å²) in [6, 6.07) is 17.3. The molecule has 0 saturated carbocycles. The van der Waals surface area contributed by atoms with E-state index in [2.05, 4.69) is 15.5 Å². The Labute approximate surface area is 116 Å². The highest BCUT2D eigenvalue weighted by Gasteiger charge is 2.17. The molecule has 0 spiro atoms. The molecule has 0 radical (unpaired) electrons. The van der Waals surface area contributed by atoms with Gasteiger partial charge in [0, 0.05) is 6.92 Å². The van der Waals surface area contributed by atoms with Crippen LogP contribution in [0.1, 0.15) is 18.7 Å². The van der Waals surface area contributed by atoms with E-state index in [1.165, 1.54) is 6.92 Å². The lowest BCUT2D eigenvalue weighted by atomic mass is 10.2. The normalized spacial score (nSPS) is 12.2. The molecule has 20 heavy (non-hydrogen) atoms. The van der Waals surface area contributed by atoms with Crippen molar-refractivity contribution in [3.05, 3.63) is 60.2 Å². The fourth-order valence-corrected chi connectivity index (χ4v) is 2.09. The Balaban J connectivity index is 2.06. The number of carbonyl (C=O) groups excluding carboxylic acids is 1. The molecule has 3 rings (SSSR count). The highest BCUT2D eigenvalue weighted by atomic mass is 16.1. The molecular weight excluding hydrogens is 252 g/mol. The molecule has 0 bridgehead atoms. The second-order valence-corrected chi connectivity index (χ2v) is 4.52. The maximum Gasteiger partial charge on any atom is 0.218 e. The molecule has 5 heteroatoms. The lowest BCUT2D eigenvalue weighted by Crippen LogP contribution is -2.32. The Morgan fingerprint density at radius 3 is 2.10 bits per heavy atom. The van der Waals surface area contributed by atoms with Gasteiger partial charge in [-0.15, -0.1) is 0 Å². The third-order valence-corrected chi connectivity index (χ3v) is 2.99. The number of hydrogen-bond donors (Lipinski definition) is 1. The van der Waals surface area contributed by atoms with Crippen molar-refractivity contribution in [3.63, 3.8) is 0 Å². The minimum atomic E-state index is -0.402. The zero-order valence-electron chi connectivity index (χ0n) is 11.0. The van der Waals surface area contributed by atoms with Crippen LogP contribution in [0.2, 0.25) is 0 Å². The SMILES string of the molecule is CC(=O)NC(c1ccccc1)n1nc2ccccc2n1. The van der Waals surface area contributed by atoms with E-state index in [1.807, 2.05) is 54.6 Å². The van der Waals surface area contributed by atoms with Crippen molar-refractivity contribution >= 4 is 16.9 Å². The molecule has 1 N–H and O–H groups in total. The maximum atomic E-state index is 11.4. The van der Waals surface area contributed by atoms with Crippen molar-refractivity contribution in [1.82, 2.24) is 20.3 Å². The highest BCUT2D eigenvalue weighted by Crippen LogP contribution is 2.16. The topological polar surface area (TPSA) is 59.8 Å². The van der Waals surface area contributed by atoms with E-state index in [1.54, 1.807) is 4.80 Å². The summed E-state index contributed by atoms with van der Waals surface area (Å²) in [5.74, 6) is -0.125. The number of amides is 1. The summed E-state index contributed by atoms with van der Waals surface area (Å²) in [6.45, 7) is 1.49. The molecule has 0 aliphatic rings. The van der Waals surface area contributed by atoms with Crippen LogP contribution in [0.15, 0.2) is 54.6 Å². The van der Waals surface area contributed by atoms with Gasteiger partial charge in [0.1, 0.15) is 11.0 Å². The van der Waals surface area contributed by atoms with Gasteiger partial charge in [-0.25, -0.2) is 0 Å². The molecule has 100 valence electrons. The van der Waals surface area contributed by atoms with Crippen LogP contribution in [0.3, 0.4) is 0 Å².